The predicted molar refractivity (Wildman–Crippen MR) is 116 cm³/mol. The Morgan fingerprint density at radius 1 is 1.19 bits per heavy atom. The summed E-state index contributed by atoms with van der Waals surface area (Å²) in [6.07, 6.45) is 1.76. The standard InChI is InChI=1S/C24H19FN4O2/c1-14-10-17(15(2)29(14)20-7-4-16(5-8-20)24(30)31-3)11-18(13-26)23-27-21-9-6-19(25)12-22(21)28-23/h4-12H,1-3H3,(H,27,28)/b18-11-. The molecule has 0 aliphatic rings. The third kappa shape index (κ3) is 3.71. The van der Waals surface area contributed by atoms with Crippen molar-refractivity contribution in [2.45, 2.75) is 13.8 Å². The van der Waals surface area contributed by atoms with Gasteiger partial charge in [0.05, 0.1) is 29.3 Å². The highest BCUT2D eigenvalue weighted by Gasteiger charge is 2.14. The number of rotatable bonds is 4. The average molecular weight is 414 g/mol. The second-order valence-electron chi connectivity index (χ2n) is 7.12. The van der Waals surface area contributed by atoms with Crippen molar-refractivity contribution in [1.29, 1.82) is 5.26 Å². The topological polar surface area (TPSA) is 83.7 Å². The van der Waals surface area contributed by atoms with Gasteiger partial charge in [-0.05, 0) is 74.0 Å². The number of nitrogens with one attached hydrogen (secondary N) is 1. The fourth-order valence-corrected chi connectivity index (χ4v) is 3.61. The molecular formula is C24H19FN4O2. The number of ether oxygens (including phenoxy) is 1. The fraction of sp³-hybridized carbons (Fsp3) is 0.125. The molecule has 2 heterocycles. The number of esters is 1. The molecule has 4 aromatic rings. The first-order chi connectivity index (χ1) is 14.9. The molecule has 31 heavy (non-hydrogen) atoms. The molecule has 0 aliphatic carbocycles. The number of carbonyl (C=O) groups excluding carboxylic acids is 1. The number of aromatic amines is 1. The highest BCUT2D eigenvalue weighted by atomic mass is 19.1. The molecular weight excluding hydrogens is 395 g/mol. The molecule has 0 spiro atoms. The van der Waals surface area contributed by atoms with Gasteiger partial charge in [0.1, 0.15) is 17.7 Å². The molecule has 0 radical (unpaired) electrons. The van der Waals surface area contributed by atoms with Gasteiger partial charge in [-0.1, -0.05) is 0 Å². The molecule has 1 N–H and O–H groups in total. The van der Waals surface area contributed by atoms with E-state index in [-0.39, 0.29) is 11.8 Å². The summed E-state index contributed by atoms with van der Waals surface area (Å²) in [5.41, 5.74) is 5.59. The maximum atomic E-state index is 13.5. The van der Waals surface area contributed by atoms with E-state index >= 15 is 0 Å². The van der Waals surface area contributed by atoms with E-state index in [0.717, 1.165) is 22.6 Å². The summed E-state index contributed by atoms with van der Waals surface area (Å²) in [4.78, 5) is 19.1. The highest BCUT2D eigenvalue weighted by Crippen LogP contribution is 2.26. The molecule has 2 aromatic carbocycles. The number of aryl methyl sites for hydroxylation is 1. The summed E-state index contributed by atoms with van der Waals surface area (Å²) in [6, 6.07) is 15.5. The van der Waals surface area contributed by atoms with Crippen LogP contribution in [0.5, 0.6) is 0 Å². The Kier molecular flexibility index (Phi) is 5.14. The molecule has 7 heteroatoms. The number of benzene rings is 2. The lowest BCUT2D eigenvalue weighted by atomic mass is 10.1. The van der Waals surface area contributed by atoms with Gasteiger partial charge in [0, 0.05) is 17.1 Å². The number of halogens is 1. The van der Waals surface area contributed by atoms with Crippen LogP contribution >= 0.6 is 0 Å². The highest BCUT2D eigenvalue weighted by molar-refractivity contribution is 5.91. The first kappa shape index (κ1) is 20.1. The fourth-order valence-electron chi connectivity index (χ4n) is 3.61. The summed E-state index contributed by atoms with van der Waals surface area (Å²) < 4.78 is 20.3. The molecule has 0 bridgehead atoms. The zero-order chi connectivity index (χ0) is 22.1. The van der Waals surface area contributed by atoms with Crippen LogP contribution in [0.3, 0.4) is 0 Å². The average Bonchev–Trinajstić information content (AvgIpc) is 3.31. The second kappa shape index (κ2) is 7.92. The Morgan fingerprint density at radius 3 is 2.61 bits per heavy atom. The normalized spacial score (nSPS) is 11.5. The van der Waals surface area contributed by atoms with Gasteiger partial charge in [-0.15, -0.1) is 0 Å². The Labute approximate surface area is 178 Å². The Bertz CT molecular complexity index is 1370. The maximum absolute atomic E-state index is 13.5. The quantitative estimate of drug-likeness (QED) is 0.378. The summed E-state index contributed by atoms with van der Waals surface area (Å²) in [5.74, 6) is -0.372. The number of nitriles is 1. The van der Waals surface area contributed by atoms with Crippen molar-refractivity contribution < 1.29 is 13.9 Å². The van der Waals surface area contributed by atoms with Gasteiger partial charge >= 0.3 is 5.97 Å². The van der Waals surface area contributed by atoms with Crippen LogP contribution < -0.4 is 0 Å². The number of methoxy groups -OCH3 is 1. The van der Waals surface area contributed by atoms with Crippen molar-refractivity contribution in [2.75, 3.05) is 7.11 Å². The minimum atomic E-state index is -0.388. The molecule has 0 saturated carbocycles. The van der Waals surface area contributed by atoms with Gasteiger partial charge in [-0.2, -0.15) is 5.26 Å². The predicted octanol–water partition coefficient (Wildman–Crippen LogP) is 4.96. The molecule has 0 amide bonds. The zero-order valence-corrected chi connectivity index (χ0v) is 17.2. The first-order valence-electron chi connectivity index (χ1n) is 9.56. The molecule has 2 aromatic heterocycles. The van der Waals surface area contributed by atoms with E-state index in [1.54, 1.807) is 24.3 Å². The monoisotopic (exact) mass is 414 g/mol. The lowest BCUT2D eigenvalue weighted by Gasteiger charge is -2.10. The van der Waals surface area contributed by atoms with E-state index in [2.05, 4.69) is 16.0 Å². The number of nitrogens with zero attached hydrogens (tertiary/aromatic N) is 3. The van der Waals surface area contributed by atoms with Crippen LogP contribution in [0.2, 0.25) is 0 Å². The summed E-state index contributed by atoms with van der Waals surface area (Å²) in [6.45, 7) is 3.92. The van der Waals surface area contributed by atoms with Gasteiger partial charge in [-0.3, -0.25) is 0 Å². The van der Waals surface area contributed by atoms with Gasteiger partial charge in [0.25, 0.3) is 0 Å². The second-order valence-corrected chi connectivity index (χ2v) is 7.12. The molecule has 0 saturated heterocycles. The SMILES string of the molecule is COC(=O)c1ccc(-n2c(C)cc(/C=C(/C#N)c3nc4ccc(F)cc4[nH]3)c2C)cc1. The molecule has 4 rings (SSSR count). The van der Waals surface area contributed by atoms with Crippen molar-refractivity contribution in [3.8, 4) is 11.8 Å². The molecule has 154 valence electrons. The lowest BCUT2D eigenvalue weighted by Crippen LogP contribution is -2.03. The van der Waals surface area contributed by atoms with Gasteiger partial charge in [0.15, 0.2) is 0 Å². The van der Waals surface area contributed by atoms with Gasteiger partial charge in [0.2, 0.25) is 0 Å². The number of H-pyrrole nitrogens is 1. The zero-order valence-electron chi connectivity index (χ0n) is 17.2. The minimum Gasteiger partial charge on any atom is -0.465 e. The van der Waals surface area contributed by atoms with Gasteiger partial charge in [-0.25, -0.2) is 14.2 Å². The number of fused-ring (bicyclic) bond motifs is 1. The van der Waals surface area contributed by atoms with E-state index in [9.17, 15) is 14.4 Å². The Morgan fingerprint density at radius 2 is 1.94 bits per heavy atom. The van der Waals surface area contributed by atoms with Crippen LogP contribution in [0, 0.1) is 31.0 Å². The van der Waals surface area contributed by atoms with Crippen molar-refractivity contribution in [1.82, 2.24) is 14.5 Å². The van der Waals surface area contributed by atoms with Crippen LogP contribution in [-0.2, 0) is 4.74 Å². The van der Waals surface area contributed by atoms with E-state index in [0.29, 0.717) is 28.0 Å². The largest absolute Gasteiger partial charge is 0.465 e. The summed E-state index contributed by atoms with van der Waals surface area (Å²) in [7, 11) is 1.35. The molecule has 0 fully saturated rings. The lowest BCUT2D eigenvalue weighted by molar-refractivity contribution is 0.0600. The van der Waals surface area contributed by atoms with E-state index in [1.807, 2.05) is 36.6 Å². The minimum absolute atomic E-state index is 0.345. The molecule has 6 nitrogen and oxygen atoms in total. The third-order valence-corrected chi connectivity index (χ3v) is 5.14. The van der Waals surface area contributed by atoms with Crippen LogP contribution in [-0.4, -0.2) is 27.6 Å². The van der Waals surface area contributed by atoms with Crippen molar-refractivity contribution in [2.24, 2.45) is 0 Å². The van der Waals surface area contributed by atoms with Crippen LogP contribution in [0.15, 0.2) is 48.5 Å². The van der Waals surface area contributed by atoms with E-state index in [4.69, 9.17) is 4.74 Å². The third-order valence-electron chi connectivity index (χ3n) is 5.14. The molecule has 0 aliphatic heterocycles. The first-order valence-corrected chi connectivity index (χ1v) is 9.56. The number of aromatic nitrogens is 3. The number of hydrogen-bond acceptors (Lipinski definition) is 4. The number of carbonyl (C=O) groups is 1. The summed E-state index contributed by atoms with van der Waals surface area (Å²) >= 11 is 0. The molecule has 0 atom stereocenters. The molecule has 0 unspecified atom stereocenters. The van der Waals surface area contributed by atoms with Gasteiger partial charge < -0.3 is 14.3 Å². The van der Waals surface area contributed by atoms with Crippen molar-refractivity contribution >= 4 is 28.7 Å². The van der Waals surface area contributed by atoms with E-state index in [1.165, 1.54) is 19.2 Å². The van der Waals surface area contributed by atoms with Crippen molar-refractivity contribution in [3.63, 3.8) is 0 Å². The summed E-state index contributed by atoms with van der Waals surface area (Å²) in [5, 5.41) is 9.71. The van der Waals surface area contributed by atoms with Crippen LogP contribution in [0.1, 0.15) is 33.1 Å². The Balaban J connectivity index is 1.73. The number of hydrogen-bond donors (Lipinski definition) is 1. The maximum Gasteiger partial charge on any atom is 0.337 e. The van der Waals surface area contributed by atoms with Crippen LogP contribution in [0.4, 0.5) is 4.39 Å². The number of allylic oxidation sites excluding steroid dienone is 1. The smallest absolute Gasteiger partial charge is 0.337 e. The number of imidazole rings is 1. The Hall–Kier alpha value is -4.18. The van der Waals surface area contributed by atoms with Crippen LogP contribution in [0.25, 0.3) is 28.4 Å². The van der Waals surface area contributed by atoms with E-state index < -0.39 is 0 Å². The van der Waals surface area contributed by atoms with Crippen molar-refractivity contribution in [3.05, 3.63) is 82.7 Å².